The summed E-state index contributed by atoms with van der Waals surface area (Å²) < 4.78 is 10.4. The molecule has 8 nitrogen and oxygen atoms in total. The van der Waals surface area contributed by atoms with Crippen LogP contribution in [-0.4, -0.2) is 47.0 Å². The fraction of sp³-hybridized carbons (Fsp3) is 0.353. The quantitative estimate of drug-likeness (QED) is 0.635. The van der Waals surface area contributed by atoms with Crippen LogP contribution in [-0.2, 0) is 6.54 Å². The second kappa shape index (κ2) is 7.75. The predicted molar refractivity (Wildman–Crippen MR) is 108 cm³/mol. The Bertz CT molecular complexity index is 914. The minimum absolute atomic E-state index is 0.0392. The lowest BCUT2D eigenvalue weighted by atomic mass is 10.0. The van der Waals surface area contributed by atoms with E-state index >= 15 is 0 Å². The van der Waals surface area contributed by atoms with Crippen LogP contribution in [0, 0.1) is 12.8 Å². The fourth-order valence-corrected chi connectivity index (χ4v) is 4.38. The Balaban J connectivity index is 1.61. The minimum atomic E-state index is -0.584. The molecule has 0 aliphatic carbocycles. The van der Waals surface area contributed by atoms with Crippen LogP contribution in [0.2, 0.25) is 0 Å². The molecule has 3 heterocycles. The Morgan fingerprint density at radius 2 is 2.22 bits per heavy atom. The molecule has 0 saturated heterocycles. The number of benzene rings is 1. The Hall–Kier alpha value is -2.30. The molecule has 0 bridgehead atoms. The number of anilines is 1. The van der Waals surface area contributed by atoms with E-state index in [-0.39, 0.29) is 11.3 Å². The monoisotopic (exact) mass is 401 g/mol. The van der Waals surface area contributed by atoms with Gasteiger partial charge in [0.1, 0.15) is 29.9 Å². The van der Waals surface area contributed by atoms with Crippen LogP contribution in [0.4, 0.5) is 5.69 Å². The molecular weight excluding hydrogens is 382 g/mol. The van der Waals surface area contributed by atoms with Crippen LogP contribution in [0.3, 0.4) is 0 Å². The third kappa shape index (κ3) is 3.73. The lowest BCUT2D eigenvalue weighted by Gasteiger charge is -2.31. The highest BCUT2D eigenvalue weighted by molar-refractivity contribution is 7.99. The molecule has 1 aliphatic heterocycles. The number of aliphatic hydroxyl groups excluding tert-OH is 1. The molecule has 0 fully saturated rings. The summed E-state index contributed by atoms with van der Waals surface area (Å²) in [5.74, 6) is 0.647. The van der Waals surface area contributed by atoms with Crippen LogP contribution in [0.15, 0.2) is 40.8 Å². The van der Waals surface area contributed by atoms with Gasteiger partial charge in [-0.15, -0.1) is 0 Å². The topological polar surface area (TPSA) is 92.3 Å². The first-order chi connectivity index (χ1) is 13.1. The highest BCUT2D eigenvalue weighted by Crippen LogP contribution is 2.39. The zero-order valence-corrected chi connectivity index (χ0v) is 16.5. The van der Waals surface area contributed by atoms with Crippen LogP contribution >= 0.6 is 23.5 Å². The largest absolute Gasteiger partial charge is 0.391 e. The molecule has 0 saturated carbocycles. The maximum Gasteiger partial charge on any atom is 0.174 e. The van der Waals surface area contributed by atoms with E-state index in [0.717, 1.165) is 16.8 Å². The molecule has 27 heavy (non-hydrogen) atoms. The van der Waals surface area contributed by atoms with Crippen LogP contribution in [0.25, 0.3) is 11.4 Å². The molecule has 1 aromatic carbocycles. The van der Waals surface area contributed by atoms with Gasteiger partial charge in [-0.2, -0.15) is 9.47 Å². The molecule has 140 valence electrons. The van der Waals surface area contributed by atoms with Crippen molar-refractivity contribution in [3.8, 4) is 11.4 Å². The Morgan fingerprint density at radius 1 is 1.33 bits per heavy atom. The van der Waals surface area contributed by atoms with Crippen molar-refractivity contribution < 1.29 is 5.11 Å². The predicted octanol–water partition coefficient (Wildman–Crippen LogP) is 2.62. The van der Waals surface area contributed by atoms with Gasteiger partial charge in [0.2, 0.25) is 0 Å². The number of hydrogen-bond acceptors (Lipinski definition) is 9. The van der Waals surface area contributed by atoms with Crippen molar-refractivity contribution in [3.05, 3.63) is 41.9 Å². The highest BCUT2D eigenvalue weighted by Gasteiger charge is 2.34. The molecule has 2 aromatic heterocycles. The van der Waals surface area contributed by atoms with Crippen LogP contribution in [0.1, 0.15) is 12.5 Å². The summed E-state index contributed by atoms with van der Waals surface area (Å²) >= 11 is 2.79. The average molecular weight is 402 g/mol. The molecular formula is C17H19N7OS2. The standard InChI is InChI=1S/C17H19N7OS2/c1-11-3-4-13(16-19-10-26-22-16)14(5-11)24-9-21-27-17(24)12(2)15(25)6-23-8-18-7-20-23/h3-5,7-10,12,15,17,25H,6H2,1-2H3. The molecule has 4 rings (SSSR count). The summed E-state index contributed by atoms with van der Waals surface area (Å²) in [4.78, 5) is 10.4. The first-order valence-electron chi connectivity index (χ1n) is 8.49. The van der Waals surface area contributed by atoms with E-state index in [1.807, 2.05) is 19.3 Å². The molecule has 0 spiro atoms. The fourth-order valence-electron chi connectivity index (χ4n) is 3.01. The second-order valence-corrected chi connectivity index (χ2v) is 7.95. The molecule has 1 N–H and O–H groups in total. The van der Waals surface area contributed by atoms with E-state index in [2.05, 4.69) is 47.8 Å². The van der Waals surface area contributed by atoms with Crippen LogP contribution in [0.5, 0.6) is 0 Å². The summed E-state index contributed by atoms with van der Waals surface area (Å²) in [6.07, 6.45) is 4.31. The molecule has 0 amide bonds. The second-order valence-electron chi connectivity index (χ2n) is 6.44. The number of hydrogen-bond donors (Lipinski definition) is 1. The van der Waals surface area contributed by atoms with Gasteiger partial charge >= 0.3 is 0 Å². The third-order valence-corrected chi connectivity index (χ3v) is 6.11. The third-order valence-electron chi connectivity index (χ3n) is 4.55. The van der Waals surface area contributed by atoms with Crippen molar-refractivity contribution in [2.24, 2.45) is 10.3 Å². The smallest absolute Gasteiger partial charge is 0.174 e. The first kappa shape index (κ1) is 18.1. The summed E-state index contributed by atoms with van der Waals surface area (Å²) in [5, 5.41) is 14.8. The van der Waals surface area contributed by atoms with Crippen molar-refractivity contribution in [3.63, 3.8) is 0 Å². The number of aliphatic hydroxyl groups is 1. The van der Waals surface area contributed by atoms with Gasteiger partial charge in [0.05, 0.1) is 18.3 Å². The number of aromatic nitrogens is 5. The summed E-state index contributed by atoms with van der Waals surface area (Å²) in [7, 11) is 0. The highest BCUT2D eigenvalue weighted by atomic mass is 32.2. The van der Waals surface area contributed by atoms with E-state index in [1.165, 1.54) is 29.8 Å². The van der Waals surface area contributed by atoms with Gasteiger partial charge in [-0.05, 0) is 36.2 Å². The molecule has 3 aromatic rings. The number of aryl methyl sites for hydroxylation is 1. The van der Waals surface area contributed by atoms with Gasteiger partial charge in [0.15, 0.2) is 5.82 Å². The van der Waals surface area contributed by atoms with Gasteiger partial charge < -0.3 is 10.0 Å². The van der Waals surface area contributed by atoms with Crippen molar-refractivity contribution in [2.75, 3.05) is 4.90 Å². The molecule has 10 heteroatoms. The first-order valence-corrected chi connectivity index (χ1v) is 10.2. The van der Waals surface area contributed by atoms with E-state index < -0.39 is 6.10 Å². The Kier molecular flexibility index (Phi) is 5.19. The van der Waals surface area contributed by atoms with E-state index in [4.69, 9.17) is 0 Å². The number of nitrogens with zero attached hydrogens (tertiary/aromatic N) is 7. The van der Waals surface area contributed by atoms with Crippen molar-refractivity contribution in [1.82, 2.24) is 24.1 Å². The minimum Gasteiger partial charge on any atom is -0.391 e. The van der Waals surface area contributed by atoms with Crippen molar-refractivity contribution in [2.45, 2.75) is 31.9 Å². The number of rotatable bonds is 6. The average Bonchev–Trinajstić information content (AvgIpc) is 3.42. The van der Waals surface area contributed by atoms with Crippen molar-refractivity contribution in [1.29, 1.82) is 0 Å². The summed E-state index contributed by atoms with van der Waals surface area (Å²) in [6.45, 7) is 4.47. The van der Waals surface area contributed by atoms with Gasteiger partial charge in [-0.3, -0.25) is 4.68 Å². The molecule has 3 atom stereocenters. The zero-order valence-electron chi connectivity index (χ0n) is 14.9. The summed E-state index contributed by atoms with van der Waals surface area (Å²) in [5.41, 5.74) is 4.82. The van der Waals surface area contributed by atoms with E-state index in [1.54, 1.807) is 16.5 Å². The maximum atomic E-state index is 10.7. The zero-order chi connectivity index (χ0) is 18.8. The van der Waals surface area contributed by atoms with Gasteiger partial charge in [0, 0.05) is 23.4 Å². The molecule has 3 unspecified atom stereocenters. The van der Waals surface area contributed by atoms with Gasteiger partial charge in [-0.1, -0.05) is 13.0 Å². The summed E-state index contributed by atoms with van der Waals surface area (Å²) in [6, 6.07) is 6.20. The Morgan fingerprint density at radius 3 is 2.96 bits per heavy atom. The normalized spacial score (nSPS) is 18.8. The van der Waals surface area contributed by atoms with E-state index in [0.29, 0.717) is 12.4 Å². The van der Waals surface area contributed by atoms with Crippen LogP contribution < -0.4 is 4.90 Å². The van der Waals surface area contributed by atoms with Gasteiger partial charge in [0.25, 0.3) is 0 Å². The Labute approximate surface area is 165 Å². The maximum absolute atomic E-state index is 10.7. The van der Waals surface area contributed by atoms with Gasteiger partial charge in [-0.25, -0.2) is 14.4 Å². The molecule has 1 aliphatic rings. The van der Waals surface area contributed by atoms with Crippen molar-refractivity contribution >= 4 is 35.5 Å². The lowest BCUT2D eigenvalue weighted by molar-refractivity contribution is 0.0945. The van der Waals surface area contributed by atoms with E-state index in [9.17, 15) is 5.11 Å². The molecule has 0 radical (unpaired) electrons. The SMILES string of the molecule is Cc1ccc(-c2ncsn2)c(N2C=NSC2C(C)C(O)Cn2cncn2)c1. The lowest BCUT2D eigenvalue weighted by Crippen LogP contribution is -2.40.